The summed E-state index contributed by atoms with van der Waals surface area (Å²) in [4.78, 5) is 10.7. The summed E-state index contributed by atoms with van der Waals surface area (Å²) >= 11 is 0. The first-order valence-electron chi connectivity index (χ1n) is 4.49. The quantitative estimate of drug-likeness (QED) is 0.610. The molecule has 0 atom stereocenters. The van der Waals surface area contributed by atoms with Crippen LogP contribution in [0.1, 0.15) is 25.7 Å². The molecule has 1 aliphatic rings. The number of rotatable bonds is 1. The molecule has 0 spiro atoms. The van der Waals surface area contributed by atoms with E-state index in [1.807, 2.05) is 0 Å². The second kappa shape index (κ2) is 3.34. The monoisotopic (exact) mass is 226 g/mol. The van der Waals surface area contributed by atoms with Crippen molar-refractivity contribution >= 4 is 5.97 Å². The van der Waals surface area contributed by atoms with Crippen LogP contribution < -0.4 is 11.5 Å². The average Bonchev–Trinajstić information content (AvgIpc) is 2.08. The van der Waals surface area contributed by atoms with E-state index in [2.05, 4.69) is 0 Å². The third-order valence-electron chi connectivity index (χ3n) is 3.02. The molecular weight excluding hydrogens is 213 g/mol. The summed E-state index contributed by atoms with van der Waals surface area (Å²) in [6.07, 6.45) is -5.90. The number of carboxylic acids is 1. The van der Waals surface area contributed by atoms with E-state index in [0.717, 1.165) is 0 Å². The molecule has 1 fully saturated rings. The first-order chi connectivity index (χ1) is 6.61. The van der Waals surface area contributed by atoms with Gasteiger partial charge in [0, 0.05) is 0 Å². The van der Waals surface area contributed by atoms with Gasteiger partial charge in [-0.05, 0) is 25.7 Å². The number of carboxylic acid groups (broad SMARTS) is 1. The fourth-order valence-corrected chi connectivity index (χ4v) is 1.64. The summed E-state index contributed by atoms with van der Waals surface area (Å²) in [6, 6.07) is 0. The van der Waals surface area contributed by atoms with Gasteiger partial charge in [0.15, 0.2) is 0 Å². The van der Waals surface area contributed by atoms with E-state index in [1.165, 1.54) is 0 Å². The first-order valence-corrected chi connectivity index (χ1v) is 4.49. The number of nitrogens with two attached hydrogens (primary N) is 2. The Labute approximate surface area is 84.4 Å². The SMILES string of the molecule is NC1(C(=O)O)CCC(N)(C(F)(F)F)CC1. The van der Waals surface area contributed by atoms with Gasteiger partial charge in [0.2, 0.25) is 0 Å². The molecule has 5 N–H and O–H groups in total. The molecule has 0 aromatic rings. The van der Waals surface area contributed by atoms with Crippen molar-refractivity contribution in [3.63, 3.8) is 0 Å². The van der Waals surface area contributed by atoms with Crippen molar-refractivity contribution < 1.29 is 23.1 Å². The molecule has 0 aliphatic heterocycles. The minimum Gasteiger partial charge on any atom is -0.480 e. The molecule has 0 unspecified atom stereocenters. The lowest BCUT2D eigenvalue weighted by Gasteiger charge is -2.41. The first kappa shape index (κ1) is 12.3. The topological polar surface area (TPSA) is 89.3 Å². The van der Waals surface area contributed by atoms with Gasteiger partial charge in [-0.2, -0.15) is 13.2 Å². The van der Waals surface area contributed by atoms with Gasteiger partial charge in [-0.25, -0.2) is 0 Å². The van der Waals surface area contributed by atoms with Crippen LogP contribution in [0.2, 0.25) is 0 Å². The average molecular weight is 226 g/mol. The molecule has 0 radical (unpaired) electrons. The van der Waals surface area contributed by atoms with Crippen molar-refractivity contribution in [2.24, 2.45) is 11.5 Å². The smallest absolute Gasteiger partial charge is 0.406 e. The number of aliphatic carboxylic acids is 1. The number of hydrogen-bond donors (Lipinski definition) is 3. The van der Waals surface area contributed by atoms with Gasteiger partial charge < -0.3 is 16.6 Å². The van der Waals surface area contributed by atoms with E-state index in [-0.39, 0.29) is 12.8 Å². The number of hydrogen-bond acceptors (Lipinski definition) is 3. The van der Waals surface area contributed by atoms with Crippen LogP contribution in [0.3, 0.4) is 0 Å². The normalized spacial score (nSPS) is 37.7. The van der Waals surface area contributed by atoms with Crippen LogP contribution in [0.4, 0.5) is 13.2 Å². The zero-order valence-corrected chi connectivity index (χ0v) is 7.97. The van der Waals surface area contributed by atoms with Gasteiger partial charge >= 0.3 is 12.1 Å². The molecule has 0 saturated heterocycles. The van der Waals surface area contributed by atoms with Crippen LogP contribution in [0.15, 0.2) is 0 Å². The highest BCUT2D eigenvalue weighted by Gasteiger charge is 2.56. The van der Waals surface area contributed by atoms with E-state index in [1.54, 1.807) is 0 Å². The Hall–Kier alpha value is -0.820. The number of halogens is 3. The molecule has 7 heteroatoms. The van der Waals surface area contributed by atoms with E-state index in [9.17, 15) is 18.0 Å². The Morgan fingerprint density at radius 2 is 1.53 bits per heavy atom. The molecule has 1 saturated carbocycles. The van der Waals surface area contributed by atoms with Crippen LogP contribution >= 0.6 is 0 Å². The molecule has 0 aromatic carbocycles. The highest BCUT2D eigenvalue weighted by molar-refractivity contribution is 5.78. The summed E-state index contributed by atoms with van der Waals surface area (Å²) in [5, 5.41) is 8.72. The summed E-state index contributed by atoms with van der Waals surface area (Å²) < 4.78 is 37.4. The Bertz CT molecular complexity index is 270. The second-order valence-corrected chi connectivity index (χ2v) is 4.12. The van der Waals surface area contributed by atoms with Gasteiger partial charge in [-0.15, -0.1) is 0 Å². The minimum atomic E-state index is -4.51. The van der Waals surface area contributed by atoms with Gasteiger partial charge in [-0.1, -0.05) is 0 Å². The van der Waals surface area contributed by atoms with Gasteiger partial charge in [-0.3, -0.25) is 4.79 Å². The third kappa shape index (κ3) is 2.07. The van der Waals surface area contributed by atoms with E-state index in [4.69, 9.17) is 16.6 Å². The maximum atomic E-state index is 12.5. The molecule has 0 heterocycles. The van der Waals surface area contributed by atoms with Crippen LogP contribution in [-0.4, -0.2) is 28.3 Å². The van der Waals surface area contributed by atoms with Crippen molar-refractivity contribution in [1.29, 1.82) is 0 Å². The Balaban J connectivity index is 2.75. The maximum Gasteiger partial charge on any atom is 0.406 e. The van der Waals surface area contributed by atoms with E-state index >= 15 is 0 Å². The number of carbonyl (C=O) groups is 1. The maximum absolute atomic E-state index is 12.5. The van der Waals surface area contributed by atoms with Crippen molar-refractivity contribution in [2.75, 3.05) is 0 Å². The van der Waals surface area contributed by atoms with E-state index in [0.29, 0.717) is 0 Å². The van der Waals surface area contributed by atoms with Crippen LogP contribution in [0, 0.1) is 0 Å². The lowest BCUT2D eigenvalue weighted by Crippen LogP contribution is -2.62. The zero-order chi connectivity index (χ0) is 11.9. The zero-order valence-electron chi connectivity index (χ0n) is 7.97. The highest BCUT2D eigenvalue weighted by atomic mass is 19.4. The lowest BCUT2D eigenvalue weighted by molar-refractivity contribution is -0.198. The standard InChI is InChI=1S/C8H13F3N2O2/c9-8(10,11)7(13)3-1-6(12,2-4-7)5(14)15/h1-4,12-13H2,(H,14,15). The van der Waals surface area contributed by atoms with Gasteiger partial charge in [0.1, 0.15) is 11.1 Å². The summed E-state index contributed by atoms with van der Waals surface area (Å²) in [5.74, 6) is -1.27. The molecule has 0 bridgehead atoms. The van der Waals surface area contributed by atoms with Crippen LogP contribution in [-0.2, 0) is 4.79 Å². The largest absolute Gasteiger partial charge is 0.480 e. The molecule has 88 valence electrons. The van der Waals surface area contributed by atoms with Crippen molar-refractivity contribution in [1.82, 2.24) is 0 Å². The summed E-state index contributed by atoms with van der Waals surface area (Å²) in [5.41, 5.74) is 6.78. The Morgan fingerprint density at radius 1 is 1.13 bits per heavy atom. The molecule has 0 amide bonds. The molecule has 4 nitrogen and oxygen atoms in total. The number of alkyl halides is 3. The second-order valence-electron chi connectivity index (χ2n) is 4.12. The summed E-state index contributed by atoms with van der Waals surface area (Å²) in [6.45, 7) is 0. The van der Waals surface area contributed by atoms with Crippen molar-refractivity contribution in [3.05, 3.63) is 0 Å². The van der Waals surface area contributed by atoms with Gasteiger partial charge in [0.25, 0.3) is 0 Å². The summed E-state index contributed by atoms with van der Waals surface area (Å²) in [7, 11) is 0. The van der Waals surface area contributed by atoms with Crippen LogP contribution in [0.25, 0.3) is 0 Å². The predicted octanol–water partition coefficient (Wildman–Crippen LogP) is 0.602. The third-order valence-corrected chi connectivity index (χ3v) is 3.02. The Kier molecular flexibility index (Phi) is 2.73. The minimum absolute atomic E-state index is 0.252. The van der Waals surface area contributed by atoms with Crippen molar-refractivity contribution in [3.8, 4) is 0 Å². The lowest BCUT2D eigenvalue weighted by atomic mass is 9.73. The fraction of sp³-hybridized carbons (Fsp3) is 0.875. The predicted molar refractivity (Wildman–Crippen MR) is 46.0 cm³/mol. The Morgan fingerprint density at radius 3 is 1.80 bits per heavy atom. The molecule has 0 aromatic heterocycles. The molecular formula is C8H13F3N2O2. The fourth-order valence-electron chi connectivity index (χ4n) is 1.64. The van der Waals surface area contributed by atoms with Gasteiger partial charge in [0.05, 0.1) is 0 Å². The molecule has 1 rings (SSSR count). The van der Waals surface area contributed by atoms with Crippen molar-refractivity contribution in [2.45, 2.75) is 42.9 Å². The molecule has 1 aliphatic carbocycles. The van der Waals surface area contributed by atoms with Crippen LogP contribution in [0.5, 0.6) is 0 Å². The van der Waals surface area contributed by atoms with E-state index < -0.39 is 36.1 Å². The highest BCUT2D eigenvalue weighted by Crippen LogP contribution is 2.42. The molecule has 15 heavy (non-hydrogen) atoms.